The molecule has 1 N–H and O–H groups in total. The molecule has 0 radical (unpaired) electrons. The molecule has 0 spiro atoms. The van der Waals surface area contributed by atoms with E-state index in [9.17, 15) is 4.79 Å². The minimum absolute atomic E-state index is 0.102. The van der Waals surface area contributed by atoms with Gasteiger partial charge in [0.15, 0.2) is 0 Å². The molecular weight excluding hydrogens is 254 g/mol. The molecule has 110 valence electrons. The summed E-state index contributed by atoms with van der Waals surface area (Å²) in [5, 5.41) is 3.16. The third-order valence-electron chi connectivity index (χ3n) is 3.59. The zero-order chi connectivity index (χ0) is 14.4. The summed E-state index contributed by atoms with van der Waals surface area (Å²) in [6, 6.07) is 8.21. The fraction of sp³-hybridized carbons (Fsp3) is 0.533. The zero-order valence-electron chi connectivity index (χ0n) is 12.3. The first-order valence-electron chi connectivity index (χ1n) is 7.11. The van der Waals surface area contributed by atoms with Crippen molar-refractivity contribution in [3.63, 3.8) is 0 Å². The van der Waals surface area contributed by atoms with Gasteiger partial charge in [-0.3, -0.25) is 4.79 Å². The minimum Gasteiger partial charge on any atom is -0.378 e. The first-order chi connectivity index (χ1) is 9.70. The summed E-state index contributed by atoms with van der Waals surface area (Å²) < 4.78 is 5.35. The number of amides is 1. The molecule has 0 bridgehead atoms. The number of carbonyl (C=O) groups excluding carboxylic acids is 1. The highest BCUT2D eigenvalue weighted by molar-refractivity contribution is 5.80. The average molecular weight is 277 g/mol. The van der Waals surface area contributed by atoms with Crippen LogP contribution >= 0.6 is 0 Å². The maximum absolute atomic E-state index is 11.7. The number of nitrogens with zero attached hydrogens (tertiary/aromatic N) is 2. The molecule has 1 fully saturated rings. The van der Waals surface area contributed by atoms with Gasteiger partial charge in [-0.05, 0) is 31.2 Å². The van der Waals surface area contributed by atoms with Crippen molar-refractivity contribution >= 4 is 17.3 Å². The quantitative estimate of drug-likeness (QED) is 0.884. The number of likely N-dealkylation sites (N-methyl/N-ethyl adjacent to an activating group) is 1. The molecule has 20 heavy (non-hydrogen) atoms. The van der Waals surface area contributed by atoms with Crippen molar-refractivity contribution in [3.8, 4) is 0 Å². The Bertz CT molecular complexity index is 427. The second-order valence-electron chi connectivity index (χ2n) is 4.91. The lowest BCUT2D eigenvalue weighted by molar-refractivity contribution is -0.127. The monoisotopic (exact) mass is 277 g/mol. The average Bonchev–Trinajstić information content (AvgIpc) is 2.53. The third-order valence-corrected chi connectivity index (χ3v) is 3.59. The lowest BCUT2D eigenvalue weighted by atomic mass is 10.2. The van der Waals surface area contributed by atoms with Gasteiger partial charge in [-0.1, -0.05) is 0 Å². The van der Waals surface area contributed by atoms with Crippen molar-refractivity contribution in [2.45, 2.75) is 6.92 Å². The van der Waals surface area contributed by atoms with Crippen molar-refractivity contribution in [2.24, 2.45) is 0 Å². The number of hydrogen-bond acceptors (Lipinski definition) is 4. The Balaban J connectivity index is 1.86. The molecule has 1 aliphatic rings. The Kier molecular flexibility index (Phi) is 5.24. The molecule has 1 aromatic carbocycles. The van der Waals surface area contributed by atoms with Crippen LogP contribution in [0.1, 0.15) is 6.92 Å². The Morgan fingerprint density at radius 3 is 2.55 bits per heavy atom. The van der Waals surface area contributed by atoms with Gasteiger partial charge in [0.1, 0.15) is 0 Å². The van der Waals surface area contributed by atoms with E-state index in [0.29, 0.717) is 6.54 Å². The minimum atomic E-state index is 0.102. The second-order valence-corrected chi connectivity index (χ2v) is 4.91. The number of morpholine rings is 1. The normalized spacial score (nSPS) is 15.0. The van der Waals surface area contributed by atoms with Crippen LogP contribution in [0.5, 0.6) is 0 Å². The van der Waals surface area contributed by atoms with Gasteiger partial charge in [0.05, 0.1) is 19.8 Å². The number of ether oxygens (including phenoxy) is 1. The lowest BCUT2D eigenvalue weighted by Crippen LogP contribution is -2.36. The van der Waals surface area contributed by atoms with Crippen LogP contribution in [0.25, 0.3) is 0 Å². The van der Waals surface area contributed by atoms with Crippen molar-refractivity contribution in [1.29, 1.82) is 0 Å². The van der Waals surface area contributed by atoms with E-state index in [4.69, 9.17) is 4.74 Å². The molecule has 1 aromatic rings. The Labute approximate surface area is 120 Å². The summed E-state index contributed by atoms with van der Waals surface area (Å²) in [4.78, 5) is 15.7. The summed E-state index contributed by atoms with van der Waals surface area (Å²) in [6.45, 7) is 6.49. The van der Waals surface area contributed by atoms with Crippen LogP contribution in [0.15, 0.2) is 24.3 Å². The highest BCUT2D eigenvalue weighted by Gasteiger charge is 2.11. The van der Waals surface area contributed by atoms with Gasteiger partial charge < -0.3 is 19.9 Å². The molecule has 2 rings (SSSR count). The first kappa shape index (κ1) is 14.7. The van der Waals surface area contributed by atoms with E-state index in [1.807, 2.05) is 26.1 Å². The van der Waals surface area contributed by atoms with Gasteiger partial charge in [-0.15, -0.1) is 0 Å². The van der Waals surface area contributed by atoms with Crippen LogP contribution in [0.4, 0.5) is 11.4 Å². The third kappa shape index (κ3) is 3.87. The number of hydrogen-bond donors (Lipinski definition) is 1. The fourth-order valence-electron chi connectivity index (χ4n) is 2.10. The Morgan fingerprint density at radius 2 is 1.95 bits per heavy atom. The lowest BCUT2D eigenvalue weighted by Gasteiger charge is -2.29. The predicted octanol–water partition coefficient (Wildman–Crippen LogP) is 1.41. The summed E-state index contributed by atoms with van der Waals surface area (Å²) in [6.07, 6.45) is 0. The molecule has 1 saturated heterocycles. The van der Waals surface area contributed by atoms with Crippen molar-refractivity contribution < 1.29 is 9.53 Å². The van der Waals surface area contributed by atoms with Gasteiger partial charge >= 0.3 is 0 Å². The topological polar surface area (TPSA) is 44.8 Å². The van der Waals surface area contributed by atoms with E-state index in [-0.39, 0.29) is 5.91 Å². The molecule has 1 heterocycles. The standard InChI is InChI=1S/C15H23N3O2/c1-3-17(2)15(19)12-16-13-4-6-14(7-5-13)18-8-10-20-11-9-18/h4-7,16H,3,8-12H2,1-2H3. The smallest absolute Gasteiger partial charge is 0.241 e. The van der Waals surface area contributed by atoms with Gasteiger partial charge in [0.2, 0.25) is 5.91 Å². The Morgan fingerprint density at radius 1 is 1.30 bits per heavy atom. The maximum atomic E-state index is 11.7. The first-order valence-corrected chi connectivity index (χ1v) is 7.11. The summed E-state index contributed by atoms with van der Waals surface area (Å²) >= 11 is 0. The highest BCUT2D eigenvalue weighted by Crippen LogP contribution is 2.18. The molecule has 0 unspecified atom stereocenters. The Hall–Kier alpha value is -1.75. The molecule has 5 heteroatoms. The number of anilines is 2. The van der Waals surface area contributed by atoms with Crippen LogP contribution < -0.4 is 10.2 Å². The molecular formula is C15H23N3O2. The predicted molar refractivity (Wildman–Crippen MR) is 81.3 cm³/mol. The van der Waals surface area contributed by atoms with Crippen molar-refractivity contribution in [2.75, 3.05) is 56.7 Å². The van der Waals surface area contributed by atoms with Gasteiger partial charge in [0.25, 0.3) is 0 Å². The van der Waals surface area contributed by atoms with Crippen LogP contribution in [0, 0.1) is 0 Å². The molecule has 1 aliphatic heterocycles. The molecule has 0 aliphatic carbocycles. The maximum Gasteiger partial charge on any atom is 0.241 e. The SMILES string of the molecule is CCN(C)C(=O)CNc1ccc(N2CCOCC2)cc1. The largest absolute Gasteiger partial charge is 0.378 e. The fourth-order valence-corrected chi connectivity index (χ4v) is 2.10. The molecule has 0 atom stereocenters. The second kappa shape index (κ2) is 7.14. The van der Waals surface area contributed by atoms with Gasteiger partial charge in [-0.2, -0.15) is 0 Å². The summed E-state index contributed by atoms with van der Waals surface area (Å²) in [7, 11) is 1.81. The van der Waals surface area contributed by atoms with E-state index >= 15 is 0 Å². The van der Waals surface area contributed by atoms with E-state index < -0.39 is 0 Å². The number of benzene rings is 1. The summed E-state index contributed by atoms with van der Waals surface area (Å²) in [5.41, 5.74) is 2.18. The number of nitrogens with one attached hydrogen (secondary N) is 1. The highest BCUT2D eigenvalue weighted by atomic mass is 16.5. The van der Waals surface area contributed by atoms with Crippen LogP contribution in [0.3, 0.4) is 0 Å². The van der Waals surface area contributed by atoms with E-state index in [1.54, 1.807) is 4.90 Å². The molecule has 0 saturated carbocycles. The van der Waals surface area contributed by atoms with Crippen LogP contribution in [-0.4, -0.2) is 57.2 Å². The van der Waals surface area contributed by atoms with E-state index in [1.165, 1.54) is 5.69 Å². The zero-order valence-corrected chi connectivity index (χ0v) is 12.3. The number of carbonyl (C=O) groups is 1. The van der Waals surface area contributed by atoms with Gasteiger partial charge in [0, 0.05) is 38.1 Å². The summed E-state index contributed by atoms with van der Waals surface area (Å²) in [5.74, 6) is 0.102. The van der Waals surface area contributed by atoms with E-state index in [2.05, 4.69) is 22.3 Å². The van der Waals surface area contributed by atoms with Gasteiger partial charge in [-0.25, -0.2) is 0 Å². The molecule has 0 aromatic heterocycles. The van der Waals surface area contributed by atoms with Crippen molar-refractivity contribution in [1.82, 2.24) is 4.90 Å². The molecule has 1 amide bonds. The van der Waals surface area contributed by atoms with E-state index in [0.717, 1.165) is 38.5 Å². The molecule has 5 nitrogen and oxygen atoms in total. The van der Waals surface area contributed by atoms with Crippen LogP contribution in [0.2, 0.25) is 0 Å². The van der Waals surface area contributed by atoms with Crippen molar-refractivity contribution in [3.05, 3.63) is 24.3 Å². The number of rotatable bonds is 5. The van der Waals surface area contributed by atoms with Crippen LogP contribution in [-0.2, 0) is 9.53 Å².